The fraction of sp³-hybridized carbons (Fsp3) is 0.412. The van der Waals surface area contributed by atoms with Crippen LogP contribution in [0.5, 0.6) is 0 Å². The van der Waals surface area contributed by atoms with E-state index in [1.54, 1.807) is 6.07 Å². The molecular weight excluding hydrogens is 342 g/mol. The summed E-state index contributed by atoms with van der Waals surface area (Å²) in [5.41, 5.74) is 5.00. The summed E-state index contributed by atoms with van der Waals surface area (Å²) in [6.07, 6.45) is 6.84. The minimum absolute atomic E-state index is 0.150. The molecule has 2 atom stereocenters. The number of para-hydroxylation sites is 1. The predicted molar refractivity (Wildman–Crippen MR) is 93.0 cm³/mol. The van der Waals surface area contributed by atoms with E-state index in [1.807, 2.05) is 12.2 Å². The molecule has 0 spiro atoms. The molecule has 25 heavy (non-hydrogen) atoms. The third kappa shape index (κ3) is 3.74. The molecule has 0 unspecified atom stereocenters. The molecule has 0 saturated heterocycles. The SMILES string of the molecule is N[C@]12C[C@H]1/C=C/CCCCC(=O)Nc1ccccc1S(=O)(=O)NC2=O. The molecule has 8 heteroatoms. The number of nitrogens with one attached hydrogen (secondary N) is 2. The Labute approximate surface area is 146 Å². The lowest BCUT2D eigenvalue weighted by atomic mass is 10.1. The monoisotopic (exact) mass is 363 g/mol. The highest BCUT2D eigenvalue weighted by Crippen LogP contribution is 2.42. The number of hydrogen-bond donors (Lipinski definition) is 3. The first-order valence-corrected chi connectivity index (χ1v) is 9.73. The molecule has 0 aromatic heterocycles. The first-order valence-electron chi connectivity index (χ1n) is 8.24. The minimum Gasteiger partial charge on any atom is -0.325 e. The zero-order valence-corrected chi connectivity index (χ0v) is 14.5. The normalized spacial score (nSPS) is 30.5. The predicted octanol–water partition coefficient (Wildman–Crippen LogP) is 1.28. The van der Waals surface area contributed by atoms with E-state index in [0.717, 1.165) is 12.8 Å². The number of benzene rings is 1. The summed E-state index contributed by atoms with van der Waals surface area (Å²) in [6, 6.07) is 5.99. The number of nitrogens with two attached hydrogens (primary N) is 1. The molecule has 0 bridgehead atoms. The van der Waals surface area contributed by atoms with Crippen molar-refractivity contribution in [3.8, 4) is 0 Å². The summed E-state index contributed by atoms with van der Waals surface area (Å²) < 4.78 is 27.2. The Morgan fingerprint density at radius 3 is 2.72 bits per heavy atom. The standard InChI is InChI=1S/C17H21N3O4S/c18-17-11-12(17)7-3-1-2-4-10-15(21)19-13-8-5-6-9-14(13)25(23,24)20-16(17)22/h3,5-9,12H,1-2,4,10-11,18H2,(H,19,21)(H,20,22)/b7-3+/t12-,17-/m1/s1. The molecule has 1 aromatic rings. The number of carbonyl (C=O) groups is 2. The van der Waals surface area contributed by atoms with E-state index in [9.17, 15) is 18.0 Å². The Kier molecular flexibility index (Phi) is 4.66. The number of rotatable bonds is 0. The van der Waals surface area contributed by atoms with Crippen molar-refractivity contribution in [2.75, 3.05) is 5.32 Å². The summed E-state index contributed by atoms with van der Waals surface area (Å²) in [6.45, 7) is 0. The van der Waals surface area contributed by atoms with E-state index in [0.29, 0.717) is 19.3 Å². The van der Waals surface area contributed by atoms with Gasteiger partial charge in [0.05, 0.1) is 5.69 Å². The molecule has 7 nitrogen and oxygen atoms in total. The maximum atomic E-state index is 12.6. The molecule has 1 heterocycles. The van der Waals surface area contributed by atoms with Crippen LogP contribution in [0.1, 0.15) is 32.1 Å². The van der Waals surface area contributed by atoms with Gasteiger partial charge in [0.1, 0.15) is 10.4 Å². The number of hydrogen-bond acceptors (Lipinski definition) is 5. The zero-order valence-electron chi connectivity index (χ0n) is 13.7. The Balaban J connectivity index is 1.93. The van der Waals surface area contributed by atoms with Gasteiger partial charge in [-0.2, -0.15) is 0 Å². The van der Waals surface area contributed by atoms with Gasteiger partial charge in [-0.25, -0.2) is 13.1 Å². The molecule has 1 aliphatic heterocycles. The summed E-state index contributed by atoms with van der Waals surface area (Å²) in [7, 11) is -4.13. The molecule has 4 N–H and O–H groups in total. The maximum Gasteiger partial charge on any atom is 0.266 e. The number of anilines is 1. The van der Waals surface area contributed by atoms with Gasteiger partial charge in [0.15, 0.2) is 0 Å². The van der Waals surface area contributed by atoms with Gasteiger partial charge in [0.25, 0.3) is 15.9 Å². The van der Waals surface area contributed by atoms with E-state index < -0.39 is 21.5 Å². The molecule has 0 radical (unpaired) electrons. The molecular formula is C17H21N3O4S. The van der Waals surface area contributed by atoms with Crippen LogP contribution in [0.25, 0.3) is 0 Å². The van der Waals surface area contributed by atoms with E-state index in [1.165, 1.54) is 18.2 Å². The highest BCUT2D eigenvalue weighted by atomic mass is 32.2. The van der Waals surface area contributed by atoms with Gasteiger partial charge >= 0.3 is 0 Å². The number of amides is 2. The molecule has 1 saturated carbocycles. The van der Waals surface area contributed by atoms with Crippen LogP contribution in [0, 0.1) is 5.92 Å². The molecule has 2 aliphatic rings. The van der Waals surface area contributed by atoms with Gasteiger partial charge in [-0.05, 0) is 37.8 Å². The van der Waals surface area contributed by atoms with E-state index in [2.05, 4.69) is 10.0 Å². The van der Waals surface area contributed by atoms with Crippen LogP contribution in [0.15, 0.2) is 41.3 Å². The zero-order chi connectivity index (χ0) is 18.1. The highest BCUT2D eigenvalue weighted by Gasteiger charge is 2.56. The van der Waals surface area contributed by atoms with Crippen molar-refractivity contribution in [3.63, 3.8) is 0 Å². The van der Waals surface area contributed by atoms with E-state index in [-0.39, 0.29) is 22.4 Å². The molecule has 1 aliphatic carbocycles. The average molecular weight is 363 g/mol. The largest absolute Gasteiger partial charge is 0.325 e. The van der Waals surface area contributed by atoms with Crippen molar-refractivity contribution in [2.45, 2.75) is 42.5 Å². The lowest BCUT2D eigenvalue weighted by Crippen LogP contribution is -2.46. The van der Waals surface area contributed by atoms with Crippen LogP contribution < -0.4 is 15.8 Å². The van der Waals surface area contributed by atoms with Crippen molar-refractivity contribution < 1.29 is 18.0 Å². The van der Waals surface area contributed by atoms with Gasteiger partial charge in [0, 0.05) is 12.3 Å². The van der Waals surface area contributed by atoms with Crippen LogP contribution >= 0.6 is 0 Å². The van der Waals surface area contributed by atoms with Crippen molar-refractivity contribution in [3.05, 3.63) is 36.4 Å². The van der Waals surface area contributed by atoms with Crippen LogP contribution in [-0.2, 0) is 19.6 Å². The number of fused-ring (bicyclic) bond motifs is 2. The molecule has 1 aromatic carbocycles. The average Bonchev–Trinajstić information content (AvgIpc) is 3.22. The second-order valence-electron chi connectivity index (χ2n) is 6.50. The number of carbonyl (C=O) groups excluding carboxylic acids is 2. The summed E-state index contributed by atoms with van der Waals surface area (Å²) in [4.78, 5) is 24.3. The second-order valence-corrected chi connectivity index (χ2v) is 8.15. The van der Waals surface area contributed by atoms with Crippen LogP contribution in [0.4, 0.5) is 5.69 Å². The van der Waals surface area contributed by atoms with Gasteiger partial charge in [-0.3, -0.25) is 9.59 Å². The first-order chi connectivity index (χ1) is 11.8. The molecule has 1 fully saturated rings. The first kappa shape index (κ1) is 17.6. The smallest absolute Gasteiger partial charge is 0.266 e. The fourth-order valence-electron chi connectivity index (χ4n) is 2.90. The van der Waals surface area contributed by atoms with Crippen LogP contribution in [0.3, 0.4) is 0 Å². The molecule has 3 rings (SSSR count). The minimum atomic E-state index is -4.13. The van der Waals surface area contributed by atoms with Crippen molar-refractivity contribution >= 4 is 27.5 Å². The summed E-state index contributed by atoms with van der Waals surface area (Å²) in [5.74, 6) is -1.15. The van der Waals surface area contributed by atoms with Gasteiger partial charge < -0.3 is 11.1 Å². The van der Waals surface area contributed by atoms with E-state index in [4.69, 9.17) is 5.73 Å². The topological polar surface area (TPSA) is 118 Å². The summed E-state index contributed by atoms with van der Waals surface area (Å²) >= 11 is 0. The van der Waals surface area contributed by atoms with Crippen molar-refractivity contribution in [1.82, 2.24) is 4.72 Å². The molecule has 2 amide bonds. The Morgan fingerprint density at radius 1 is 1.16 bits per heavy atom. The van der Waals surface area contributed by atoms with Crippen molar-refractivity contribution in [1.29, 1.82) is 0 Å². The second kappa shape index (κ2) is 6.61. The lowest BCUT2D eigenvalue weighted by molar-refractivity contribution is -0.121. The van der Waals surface area contributed by atoms with Crippen LogP contribution in [0.2, 0.25) is 0 Å². The summed E-state index contributed by atoms with van der Waals surface area (Å²) in [5, 5.41) is 2.61. The van der Waals surface area contributed by atoms with Gasteiger partial charge in [-0.15, -0.1) is 0 Å². The Hall–Kier alpha value is -2.19. The van der Waals surface area contributed by atoms with E-state index >= 15 is 0 Å². The van der Waals surface area contributed by atoms with Gasteiger partial charge in [0.2, 0.25) is 5.91 Å². The lowest BCUT2D eigenvalue weighted by Gasteiger charge is -2.15. The highest BCUT2D eigenvalue weighted by molar-refractivity contribution is 7.90. The molecule has 134 valence electrons. The van der Waals surface area contributed by atoms with Crippen molar-refractivity contribution in [2.24, 2.45) is 11.7 Å². The Bertz CT molecular complexity index is 834. The third-order valence-electron chi connectivity index (χ3n) is 4.55. The van der Waals surface area contributed by atoms with Gasteiger partial charge in [-0.1, -0.05) is 24.3 Å². The fourth-order valence-corrected chi connectivity index (χ4v) is 4.11. The number of allylic oxidation sites excluding steroid dienone is 1. The maximum absolute atomic E-state index is 12.6. The third-order valence-corrected chi connectivity index (χ3v) is 5.94. The van der Waals surface area contributed by atoms with Crippen LogP contribution in [-0.4, -0.2) is 25.8 Å². The Morgan fingerprint density at radius 2 is 1.92 bits per heavy atom. The number of sulfonamides is 1. The quantitative estimate of drug-likeness (QED) is 0.600.